The fourth-order valence-corrected chi connectivity index (χ4v) is 3.02. The molecule has 0 unspecified atom stereocenters. The topological polar surface area (TPSA) is 107 Å². The molecule has 2 fully saturated rings. The standard InChI is InChI=1S/C15H16N4O5/c20-13(16-8-10-1-2-11-12(7-10)18-24-17-11)19-5-3-15(4-6-19)9-22-14(21)23-15/h1-2,7H,3-6,8-9H2,(H,16,20). The number of benzene rings is 1. The highest BCUT2D eigenvalue weighted by atomic mass is 16.8. The number of hydrogen-bond donors (Lipinski definition) is 1. The Morgan fingerprint density at radius 3 is 2.79 bits per heavy atom. The van der Waals surface area contributed by atoms with Gasteiger partial charge in [-0.25, -0.2) is 14.2 Å². The molecule has 1 aromatic heterocycles. The van der Waals surface area contributed by atoms with E-state index in [9.17, 15) is 9.59 Å². The number of hydrogen-bond acceptors (Lipinski definition) is 7. The molecule has 2 saturated heterocycles. The summed E-state index contributed by atoms with van der Waals surface area (Å²) in [7, 11) is 0. The zero-order chi connectivity index (χ0) is 16.6. The third-order valence-electron chi connectivity index (χ3n) is 4.48. The summed E-state index contributed by atoms with van der Waals surface area (Å²) in [5.74, 6) is 0. The number of ether oxygens (including phenoxy) is 2. The Hall–Kier alpha value is -2.84. The SMILES string of the molecule is O=C1OCC2(CCN(C(=O)NCc3ccc4nonc4c3)CC2)O1. The van der Waals surface area contributed by atoms with Gasteiger partial charge in [-0.05, 0) is 28.0 Å². The van der Waals surface area contributed by atoms with Crippen LogP contribution in [-0.4, -0.2) is 52.7 Å². The third kappa shape index (κ3) is 2.72. The second kappa shape index (κ2) is 5.66. The fourth-order valence-electron chi connectivity index (χ4n) is 3.02. The molecule has 126 valence electrons. The molecule has 3 heterocycles. The van der Waals surface area contributed by atoms with Crippen LogP contribution >= 0.6 is 0 Å². The Morgan fingerprint density at radius 2 is 2.04 bits per heavy atom. The zero-order valence-corrected chi connectivity index (χ0v) is 12.9. The Balaban J connectivity index is 1.31. The number of amides is 2. The molecular weight excluding hydrogens is 316 g/mol. The van der Waals surface area contributed by atoms with Crippen molar-refractivity contribution in [3.8, 4) is 0 Å². The quantitative estimate of drug-likeness (QED) is 0.829. The maximum Gasteiger partial charge on any atom is 0.509 e. The fraction of sp³-hybridized carbons (Fsp3) is 0.467. The summed E-state index contributed by atoms with van der Waals surface area (Å²) < 4.78 is 14.8. The highest BCUT2D eigenvalue weighted by molar-refractivity contribution is 5.76. The molecule has 2 aromatic rings. The molecule has 0 bridgehead atoms. The average molecular weight is 332 g/mol. The van der Waals surface area contributed by atoms with Gasteiger partial charge in [0.15, 0.2) is 5.60 Å². The second-order valence-electron chi connectivity index (χ2n) is 6.06. The summed E-state index contributed by atoms with van der Waals surface area (Å²) in [5.41, 5.74) is 1.70. The number of piperidine rings is 1. The van der Waals surface area contributed by atoms with Crippen molar-refractivity contribution in [2.24, 2.45) is 0 Å². The molecule has 2 aliphatic rings. The van der Waals surface area contributed by atoms with Gasteiger partial charge in [-0.15, -0.1) is 0 Å². The molecule has 0 saturated carbocycles. The zero-order valence-electron chi connectivity index (χ0n) is 12.9. The smallest absolute Gasteiger partial charge is 0.430 e. The summed E-state index contributed by atoms with van der Waals surface area (Å²) in [6.45, 7) is 1.71. The summed E-state index contributed by atoms with van der Waals surface area (Å²) in [4.78, 5) is 25.1. The Kier molecular flexibility index (Phi) is 3.47. The minimum absolute atomic E-state index is 0.145. The Morgan fingerprint density at radius 1 is 1.25 bits per heavy atom. The number of nitrogens with one attached hydrogen (secondary N) is 1. The van der Waals surface area contributed by atoms with Crippen molar-refractivity contribution in [2.45, 2.75) is 25.0 Å². The molecule has 1 spiro atoms. The number of nitrogens with zero attached hydrogens (tertiary/aromatic N) is 3. The van der Waals surface area contributed by atoms with Crippen LogP contribution in [0.5, 0.6) is 0 Å². The van der Waals surface area contributed by atoms with Gasteiger partial charge in [0.2, 0.25) is 0 Å². The second-order valence-corrected chi connectivity index (χ2v) is 6.06. The monoisotopic (exact) mass is 332 g/mol. The van der Waals surface area contributed by atoms with Crippen molar-refractivity contribution < 1.29 is 23.7 Å². The maximum absolute atomic E-state index is 12.3. The van der Waals surface area contributed by atoms with E-state index in [1.807, 2.05) is 12.1 Å². The summed E-state index contributed by atoms with van der Waals surface area (Å²) in [6, 6.07) is 5.35. The molecule has 24 heavy (non-hydrogen) atoms. The normalized spacial score (nSPS) is 19.3. The summed E-state index contributed by atoms with van der Waals surface area (Å²) >= 11 is 0. The molecule has 4 rings (SSSR count). The summed E-state index contributed by atoms with van der Waals surface area (Å²) in [5, 5.41) is 10.4. The molecule has 0 radical (unpaired) electrons. The van der Waals surface area contributed by atoms with E-state index in [4.69, 9.17) is 9.47 Å². The number of fused-ring (bicyclic) bond motifs is 1. The van der Waals surface area contributed by atoms with Crippen molar-refractivity contribution in [1.29, 1.82) is 0 Å². The largest absolute Gasteiger partial charge is 0.509 e. The van der Waals surface area contributed by atoms with Crippen LogP contribution in [0.15, 0.2) is 22.8 Å². The molecule has 9 heteroatoms. The number of cyclic esters (lactones) is 1. The van der Waals surface area contributed by atoms with Crippen LogP contribution in [0.2, 0.25) is 0 Å². The van der Waals surface area contributed by atoms with E-state index < -0.39 is 11.8 Å². The first kappa shape index (κ1) is 14.7. The van der Waals surface area contributed by atoms with Gasteiger partial charge < -0.3 is 19.7 Å². The molecule has 9 nitrogen and oxygen atoms in total. The minimum Gasteiger partial charge on any atom is -0.430 e. The molecule has 0 atom stereocenters. The van der Waals surface area contributed by atoms with Crippen molar-refractivity contribution in [3.63, 3.8) is 0 Å². The van der Waals surface area contributed by atoms with Crippen molar-refractivity contribution >= 4 is 23.2 Å². The maximum atomic E-state index is 12.3. The average Bonchev–Trinajstić information content (AvgIpc) is 3.20. The van der Waals surface area contributed by atoms with E-state index >= 15 is 0 Å². The lowest BCUT2D eigenvalue weighted by molar-refractivity contribution is 0.00933. The van der Waals surface area contributed by atoms with Gasteiger partial charge in [-0.2, -0.15) is 0 Å². The number of carbonyl (C=O) groups is 2. The lowest BCUT2D eigenvalue weighted by atomic mass is 9.92. The number of rotatable bonds is 2. The third-order valence-corrected chi connectivity index (χ3v) is 4.48. The minimum atomic E-state index is -0.620. The van der Waals surface area contributed by atoms with Crippen molar-refractivity contribution in [2.75, 3.05) is 19.7 Å². The molecule has 2 aliphatic heterocycles. The van der Waals surface area contributed by atoms with E-state index in [0.717, 1.165) is 5.56 Å². The molecule has 1 aromatic carbocycles. The first-order valence-electron chi connectivity index (χ1n) is 7.73. The van der Waals surface area contributed by atoms with Gasteiger partial charge in [-0.1, -0.05) is 6.07 Å². The number of urea groups is 1. The Labute approximate surface area is 136 Å². The van der Waals surface area contributed by atoms with Crippen LogP contribution < -0.4 is 5.32 Å². The predicted octanol–water partition coefficient (Wildman–Crippen LogP) is 1.43. The van der Waals surface area contributed by atoms with Gasteiger partial charge in [-0.3, -0.25) is 0 Å². The highest BCUT2D eigenvalue weighted by Gasteiger charge is 2.45. The highest BCUT2D eigenvalue weighted by Crippen LogP contribution is 2.31. The summed E-state index contributed by atoms with van der Waals surface area (Å²) in [6.07, 6.45) is 0.552. The van der Waals surface area contributed by atoms with Gasteiger partial charge in [0.25, 0.3) is 0 Å². The number of likely N-dealkylation sites (tertiary alicyclic amines) is 1. The molecular formula is C15H16N4O5. The lowest BCUT2D eigenvalue weighted by Gasteiger charge is -2.36. The van der Waals surface area contributed by atoms with Gasteiger partial charge in [0.1, 0.15) is 17.6 Å². The lowest BCUT2D eigenvalue weighted by Crippen LogP contribution is -2.50. The number of aromatic nitrogens is 2. The van der Waals surface area contributed by atoms with Crippen LogP contribution in [0.1, 0.15) is 18.4 Å². The molecule has 2 amide bonds. The van der Waals surface area contributed by atoms with Crippen LogP contribution in [-0.2, 0) is 16.0 Å². The van der Waals surface area contributed by atoms with Crippen LogP contribution in [0.3, 0.4) is 0 Å². The molecule has 0 aliphatic carbocycles. The van der Waals surface area contributed by atoms with Gasteiger partial charge in [0, 0.05) is 32.5 Å². The van der Waals surface area contributed by atoms with E-state index in [1.165, 1.54) is 0 Å². The number of carbonyl (C=O) groups excluding carboxylic acids is 2. The van der Waals surface area contributed by atoms with E-state index in [-0.39, 0.29) is 12.6 Å². The predicted molar refractivity (Wildman–Crippen MR) is 80.0 cm³/mol. The molecule has 1 N–H and O–H groups in total. The van der Waals surface area contributed by atoms with E-state index in [0.29, 0.717) is 43.5 Å². The van der Waals surface area contributed by atoms with Crippen molar-refractivity contribution in [1.82, 2.24) is 20.5 Å². The van der Waals surface area contributed by atoms with Crippen LogP contribution in [0, 0.1) is 0 Å². The van der Waals surface area contributed by atoms with Gasteiger partial charge >= 0.3 is 12.2 Å². The van der Waals surface area contributed by atoms with E-state index in [1.54, 1.807) is 11.0 Å². The first-order chi connectivity index (χ1) is 11.6. The Bertz CT molecular complexity index is 781. The van der Waals surface area contributed by atoms with Crippen LogP contribution in [0.25, 0.3) is 11.0 Å². The van der Waals surface area contributed by atoms with Crippen molar-refractivity contribution in [3.05, 3.63) is 23.8 Å². The van der Waals surface area contributed by atoms with Crippen LogP contribution in [0.4, 0.5) is 9.59 Å². The van der Waals surface area contributed by atoms with Gasteiger partial charge in [0.05, 0.1) is 0 Å². The first-order valence-corrected chi connectivity index (χ1v) is 7.73. The van der Waals surface area contributed by atoms with E-state index in [2.05, 4.69) is 20.3 Å².